The molecule has 220 valence electrons. The van der Waals surface area contributed by atoms with Crippen LogP contribution in [0, 0.1) is 11.3 Å². The van der Waals surface area contributed by atoms with E-state index in [9.17, 15) is 15.2 Å². The predicted octanol–water partition coefficient (Wildman–Crippen LogP) is 4.07. The Morgan fingerprint density at radius 1 is 0.977 bits per heavy atom. The van der Waals surface area contributed by atoms with Gasteiger partial charge in [0.2, 0.25) is 0 Å². The van der Waals surface area contributed by atoms with E-state index in [1.54, 1.807) is 12.1 Å². The Hall–Kier alpha value is -4.46. The summed E-state index contributed by atoms with van der Waals surface area (Å²) in [6.07, 6.45) is 3.16. The molecule has 0 amide bonds. The lowest BCUT2D eigenvalue weighted by Gasteiger charge is -2.36. The summed E-state index contributed by atoms with van der Waals surface area (Å²) in [5, 5.41) is 18.8. The van der Waals surface area contributed by atoms with Gasteiger partial charge >= 0.3 is 5.97 Å². The third-order valence-corrected chi connectivity index (χ3v) is 8.93. The molecule has 0 saturated carbocycles. The second-order valence-corrected chi connectivity index (χ2v) is 11.7. The number of fused-ring (bicyclic) bond motifs is 2. The first-order chi connectivity index (χ1) is 21.0. The second kappa shape index (κ2) is 11.7. The van der Waals surface area contributed by atoms with Gasteiger partial charge < -0.3 is 24.2 Å². The first-order valence-electron chi connectivity index (χ1n) is 15.1. The van der Waals surface area contributed by atoms with Crippen LogP contribution < -0.4 is 9.80 Å². The van der Waals surface area contributed by atoms with Crippen LogP contribution in [0.15, 0.2) is 54.6 Å². The average molecular weight is 578 g/mol. The highest BCUT2D eigenvalue weighted by atomic mass is 16.5. The molecule has 4 aromatic rings. The van der Waals surface area contributed by atoms with Crippen LogP contribution >= 0.6 is 0 Å². The molecule has 0 spiro atoms. The van der Waals surface area contributed by atoms with Gasteiger partial charge in [0, 0.05) is 45.9 Å². The Kier molecular flexibility index (Phi) is 7.43. The van der Waals surface area contributed by atoms with Crippen molar-refractivity contribution in [2.24, 2.45) is 0 Å². The number of carboxylic acids is 1. The van der Waals surface area contributed by atoms with E-state index in [2.05, 4.69) is 49.6 Å². The number of nitrogens with zero attached hydrogens (tertiary/aromatic N) is 7. The molecule has 0 aliphatic carbocycles. The van der Waals surface area contributed by atoms with Crippen molar-refractivity contribution in [3.05, 3.63) is 82.7 Å². The van der Waals surface area contributed by atoms with Crippen molar-refractivity contribution in [3.63, 3.8) is 0 Å². The molecule has 1 atom stereocenters. The molecule has 2 fully saturated rings. The van der Waals surface area contributed by atoms with Crippen molar-refractivity contribution in [2.75, 3.05) is 49.1 Å². The number of pyridine rings is 1. The summed E-state index contributed by atoms with van der Waals surface area (Å²) >= 11 is 0. The summed E-state index contributed by atoms with van der Waals surface area (Å²) in [7, 11) is 0. The number of carbonyl (C=O) groups is 1. The number of ether oxygens (including phenoxy) is 1. The molecule has 2 saturated heterocycles. The second-order valence-electron chi connectivity index (χ2n) is 11.7. The fourth-order valence-corrected chi connectivity index (χ4v) is 6.38. The zero-order valence-electron chi connectivity index (χ0n) is 24.2. The molecule has 2 aromatic heterocycles. The van der Waals surface area contributed by atoms with Crippen LogP contribution in [-0.2, 0) is 30.8 Å². The molecule has 43 heavy (non-hydrogen) atoms. The van der Waals surface area contributed by atoms with E-state index in [4.69, 9.17) is 14.7 Å². The minimum atomic E-state index is -0.931. The quantitative estimate of drug-likeness (QED) is 0.348. The van der Waals surface area contributed by atoms with Crippen molar-refractivity contribution in [2.45, 2.75) is 45.0 Å². The van der Waals surface area contributed by atoms with Gasteiger partial charge in [0.1, 0.15) is 17.5 Å². The van der Waals surface area contributed by atoms with E-state index in [0.717, 1.165) is 99.2 Å². The van der Waals surface area contributed by atoms with Crippen LogP contribution in [0.25, 0.3) is 11.0 Å². The van der Waals surface area contributed by atoms with E-state index in [0.29, 0.717) is 13.1 Å². The number of piperazine rings is 1. The van der Waals surface area contributed by atoms with Gasteiger partial charge in [-0.3, -0.25) is 4.90 Å². The van der Waals surface area contributed by atoms with Crippen LogP contribution in [0.5, 0.6) is 0 Å². The molecule has 5 heterocycles. The van der Waals surface area contributed by atoms with E-state index in [1.165, 1.54) is 11.1 Å². The van der Waals surface area contributed by atoms with Crippen molar-refractivity contribution in [1.82, 2.24) is 19.4 Å². The van der Waals surface area contributed by atoms with Gasteiger partial charge in [-0.2, -0.15) is 5.26 Å². The van der Waals surface area contributed by atoms with E-state index in [-0.39, 0.29) is 11.7 Å². The fraction of sp³-hybridized carbons (Fsp3) is 0.394. The summed E-state index contributed by atoms with van der Waals surface area (Å²) in [5.74, 6) is 2.01. The number of aromatic nitrogens is 3. The number of hydrogen-bond donors (Lipinski definition) is 1. The monoisotopic (exact) mass is 577 g/mol. The number of aryl methyl sites for hydroxylation is 1. The van der Waals surface area contributed by atoms with Crippen LogP contribution in [-0.4, -0.2) is 75.9 Å². The summed E-state index contributed by atoms with van der Waals surface area (Å²) in [4.78, 5) is 28.8. The molecular formula is C33H35N7O3. The lowest BCUT2D eigenvalue weighted by atomic mass is 10.0. The zero-order valence-corrected chi connectivity index (χ0v) is 24.2. The highest BCUT2D eigenvalue weighted by molar-refractivity contribution is 5.92. The molecule has 2 aromatic carbocycles. The molecule has 7 rings (SSSR count). The van der Waals surface area contributed by atoms with E-state index in [1.807, 2.05) is 18.2 Å². The number of aromatic carboxylic acids is 1. The maximum atomic E-state index is 11.6. The van der Waals surface area contributed by atoms with Gasteiger partial charge in [0.15, 0.2) is 0 Å². The largest absolute Gasteiger partial charge is 0.478 e. The first kappa shape index (κ1) is 27.4. The number of hydrogen-bond acceptors (Lipinski definition) is 8. The highest BCUT2D eigenvalue weighted by Gasteiger charge is 2.25. The molecule has 3 aliphatic rings. The summed E-state index contributed by atoms with van der Waals surface area (Å²) in [6, 6.07) is 19.8. The van der Waals surface area contributed by atoms with Crippen molar-refractivity contribution in [3.8, 4) is 6.07 Å². The molecule has 0 unspecified atom stereocenters. The SMILES string of the molecule is N#Cc1ccc2c(c1)CCCN(c1cccc(N3CCN(Cc4nc5ccc(C(=O)O)cc5n4C[C@@H]4CCO4)CC3)n1)C2. The predicted molar refractivity (Wildman–Crippen MR) is 163 cm³/mol. The molecule has 10 nitrogen and oxygen atoms in total. The van der Waals surface area contributed by atoms with Crippen LogP contribution in [0.4, 0.5) is 11.6 Å². The van der Waals surface area contributed by atoms with Crippen molar-refractivity contribution >= 4 is 28.6 Å². The Bertz CT molecular complexity index is 1700. The number of carboxylic acid groups (broad SMARTS) is 1. The maximum Gasteiger partial charge on any atom is 0.335 e. The van der Waals surface area contributed by atoms with Crippen LogP contribution in [0.2, 0.25) is 0 Å². The van der Waals surface area contributed by atoms with E-state index >= 15 is 0 Å². The topological polar surface area (TPSA) is 111 Å². The number of imidazole rings is 1. The smallest absolute Gasteiger partial charge is 0.335 e. The Balaban J connectivity index is 1.03. The minimum Gasteiger partial charge on any atom is -0.478 e. The number of benzene rings is 2. The molecule has 3 aliphatic heterocycles. The minimum absolute atomic E-state index is 0.146. The van der Waals surface area contributed by atoms with Crippen LogP contribution in [0.1, 0.15) is 45.7 Å². The van der Waals surface area contributed by atoms with Gasteiger partial charge in [-0.1, -0.05) is 12.1 Å². The number of anilines is 2. The standard InChI is InChI=1S/C33H35N7O3/c34-19-23-6-7-26-20-39(11-2-3-24(26)17-23)31-5-1-4-30(36-31)38-14-12-37(13-15-38)22-32-35-28-9-8-25(33(41)42)18-29(28)40(32)21-27-10-16-43-27/h1,4-9,17-18,27H,2-3,10-16,20-22H2,(H,41,42)/t27-/m0/s1. The van der Waals surface area contributed by atoms with Crippen molar-refractivity contribution in [1.29, 1.82) is 5.26 Å². The third-order valence-electron chi connectivity index (χ3n) is 8.93. The summed E-state index contributed by atoms with van der Waals surface area (Å²) < 4.78 is 7.87. The van der Waals surface area contributed by atoms with Gasteiger partial charge in [0.05, 0.1) is 47.4 Å². The summed E-state index contributed by atoms with van der Waals surface area (Å²) in [6.45, 7) is 7.39. The Morgan fingerprint density at radius 2 is 1.79 bits per heavy atom. The third kappa shape index (κ3) is 5.66. The molecule has 0 bridgehead atoms. The first-order valence-corrected chi connectivity index (χ1v) is 15.1. The molecule has 0 radical (unpaired) electrons. The highest BCUT2D eigenvalue weighted by Crippen LogP contribution is 2.27. The van der Waals surface area contributed by atoms with Gasteiger partial charge in [-0.25, -0.2) is 14.8 Å². The van der Waals surface area contributed by atoms with Gasteiger partial charge in [-0.05, 0) is 72.9 Å². The Labute approximate surface area is 250 Å². The van der Waals surface area contributed by atoms with Crippen molar-refractivity contribution < 1.29 is 14.6 Å². The number of rotatable bonds is 7. The fourth-order valence-electron chi connectivity index (χ4n) is 6.38. The average Bonchev–Trinajstić information content (AvgIpc) is 3.19. The molecule has 10 heteroatoms. The maximum absolute atomic E-state index is 11.6. The zero-order chi connectivity index (χ0) is 29.3. The lowest BCUT2D eigenvalue weighted by molar-refractivity contribution is -0.0592. The molecule has 1 N–H and O–H groups in total. The molecular weight excluding hydrogens is 542 g/mol. The summed E-state index contributed by atoms with van der Waals surface area (Å²) in [5.41, 5.74) is 5.21. The number of nitriles is 1. The van der Waals surface area contributed by atoms with Gasteiger partial charge in [-0.15, -0.1) is 0 Å². The normalized spacial score (nSPS) is 19.0. The lowest BCUT2D eigenvalue weighted by Crippen LogP contribution is -2.46. The Morgan fingerprint density at radius 3 is 2.53 bits per heavy atom. The van der Waals surface area contributed by atoms with Gasteiger partial charge in [0.25, 0.3) is 0 Å². The van der Waals surface area contributed by atoms with Crippen LogP contribution in [0.3, 0.4) is 0 Å². The van der Waals surface area contributed by atoms with E-state index < -0.39 is 5.97 Å².